The molecule has 1 unspecified atom stereocenters. The molecule has 1 aromatic carbocycles. The minimum absolute atomic E-state index is 0.196. The zero-order valence-electron chi connectivity index (χ0n) is 12.3. The highest BCUT2D eigenvalue weighted by molar-refractivity contribution is 7.99. The van der Waals surface area contributed by atoms with Crippen LogP contribution in [0.3, 0.4) is 0 Å². The van der Waals surface area contributed by atoms with Crippen molar-refractivity contribution < 1.29 is 9.53 Å². The van der Waals surface area contributed by atoms with Gasteiger partial charge in [0.1, 0.15) is 11.3 Å². The van der Waals surface area contributed by atoms with Crippen LogP contribution in [0.2, 0.25) is 0 Å². The lowest BCUT2D eigenvalue weighted by Gasteiger charge is -2.32. The zero-order valence-corrected chi connectivity index (χ0v) is 13.1. The molecule has 3 N–H and O–H groups in total. The van der Waals surface area contributed by atoms with Crippen LogP contribution in [0, 0.1) is 5.92 Å². The number of nitrogens with two attached hydrogens (primary N) is 1. The number of rotatable bonds is 8. The van der Waals surface area contributed by atoms with Gasteiger partial charge in [-0.2, -0.15) is 0 Å². The molecule has 2 saturated carbocycles. The van der Waals surface area contributed by atoms with E-state index in [1.807, 2.05) is 24.3 Å². The first-order valence-electron chi connectivity index (χ1n) is 7.48. The molecule has 2 aliphatic rings. The van der Waals surface area contributed by atoms with Crippen molar-refractivity contribution in [3.8, 4) is 5.75 Å². The Kier molecular flexibility index (Phi) is 4.13. The minimum Gasteiger partial charge on any atom is -0.497 e. The fourth-order valence-electron chi connectivity index (χ4n) is 2.66. The number of thioether (sulfide) groups is 1. The van der Waals surface area contributed by atoms with Gasteiger partial charge in [0.05, 0.1) is 7.11 Å². The van der Waals surface area contributed by atoms with Gasteiger partial charge in [-0.25, -0.2) is 0 Å². The molecular formula is C16H22N2O2S. The van der Waals surface area contributed by atoms with E-state index in [1.165, 1.54) is 0 Å². The second kappa shape index (κ2) is 5.89. The van der Waals surface area contributed by atoms with Crippen LogP contribution in [0.1, 0.15) is 25.7 Å². The van der Waals surface area contributed by atoms with E-state index in [1.54, 1.807) is 18.9 Å². The van der Waals surface area contributed by atoms with Crippen LogP contribution in [0.25, 0.3) is 0 Å². The number of carbonyl (C=O) groups excluding carboxylic acids is 1. The second-order valence-electron chi connectivity index (χ2n) is 5.99. The van der Waals surface area contributed by atoms with Crippen LogP contribution in [0.15, 0.2) is 29.2 Å². The van der Waals surface area contributed by atoms with Gasteiger partial charge in [0.15, 0.2) is 0 Å². The van der Waals surface area contributed by atoms with Crippen molar-refractivity contribution in [1.82, 2.24) is 5.32 Å². The highest BCUT2D eigenvalue weighted by Gasteiger charge is 2.51. The molecule has 0 aromatic heterocycles. The third kappa shape index (κ3) is 3.35. The van der Waals surface area contributed by atoms with Crippen molar-refractivity contribution in [2.24, 2.45) is 11.7 Å². The second-order valence-corrected chi connectivity index (χ2v) is 7.04. The molecule has 0 radical (unpaired) electrons. The van der Waals surface area contributed by atoms with Crippen LogP contribution in [0.5, 0.6) is 5.75 Å². The maximum Gasteiger partial charge on any atom is 0.238 e. The molecule has 0 spiro atoms. The van der Waals surface area contributed by atoms with Crippen molar-refractivity contribution in [1.29, 1.82) is 0 Å². The Morgan fingerprint density at radius 2 is 2.00 bits per heavy atom. The summed E-state index contributed by atoms with van der Waals surface area (Å²) in [6, 6.07) is 8.42. The summed E-state index contributed by atoms with van der Waals surface area (Å²) in [5.74, 6) is 1.76. The SMILES string of the molecule is COc1ccc(SCC(NC2CC2)(C(N)=O)C2CC2)cc1. The van der Waals surface area contributed by atoms with E-state index >= 15 is 0 Å². The molecule has 0 bridgehead atoms. The van der Waals surface area contributed by atoms with Crippen molar-refractivity contribution in [2.75, 3.05) is 12.9 Å². The van der Waals surface area contributed by atoms with Gasteiger partial charge in [0.25, 0.3) is 0 Å². The van der Waals surface area contributed by atoms with E-state index < -0.39 is 5.54 Å². The Morgan fingerprint density at radius 3 is 2.48 bits per heavy atom. The predicted molar refractivity (Wildman–Crippen MR) is 84.5 cm³/mol. The Hall–Kier alpha value is -1.20. The maximum atomic E-state index is 12.1. The molecule has 1 atom stereocenters. The first-order valence-corrected chi connectivity index (χ1v) is 8.47. The van der Waals surface area contributed by atoms with Crippen molar-refractivity contribution in [2.45, 2.75) is 42.2 Å². The third-order valence-electron chi connectivity index (χ3n) is 4.28. The molecule has 1 aromatic rings. The summed E-state index contributed by atoms with van der Waals surface area (Å²) >= 11 is 1.69. The summed E-state index contributed by atoms with van der Waals surface area (Å²) < 4.78 is 5.17. The molecular weight excluding hydrogens is 284 g/mol. The highest BCUT2D eigenvalue weighted by atomic mass is 32.2. The average Bonchev–Trinajstić information content (AvgIpc) is 3.37. The average molecular weight is 306 g/mol. The minimum atomic E-state index is -0.536. The topological polar surface area (TPSA) is 64.3 Å². The van der Waals surface area contributed by atoms with Gasteiger partial charge in [0, 0.05) is 16.7 Å². The van der Waals surface area contributed by atoms with Gasteiger partial charge in [-0.1, -0.05) is 0 Å². The molecule has 0 saturated heterocycles. The van der Waals surface area contributed by atoms with Crippen LogP contribution < -0.4 is 15.8 Å². The van der Waals surface area contributed by atoms with E-state index in [-0.39, 0.29) is 5.91 Å². The van der Waals surface area contributed by atoms with Crippen LogP contribution >= 0.6 is 11.8 Å². The number of carbonyl (C=O) groups is 1. The molecule has 114 valence electrons. The standard InChI is InChI=1S/C16H22N2O2S/c1-20-13-6-8-14(9-7-13)21-10-16(15(17)19,11-2-3-11)18-12-4-5-12/h6-9,11-12,18H,2-5,10H2,1H3,(H2,17,19). The van der Waals surface area contributed by atoms with Gasteiger partial charge in [-0.15, -0.1) is 11.8 Å². The predicted octanol–water partition coefficient (Wildman–Crippen LogP) is 2.17. The summed E-state index contributed by atoms with van der Waals surface area (Å²) in [6.45, 7) is 0. The Labute approximate surface area is 129 Å². The summed E-state index contributed by atoms with van der Waals surface area (Å²) in [4.78, 5) is 13.3. The molecule has 2 fully saturated rings. The fraction of sp³-hybridized carbons (Fsp3) is 0.562. The Bertz CT molecular complexity index is 512. The molecule has 0 aliphatic heterocycles. The van der Waals surface area contributed by atoms with E-state index in [0.29, 0.717) is 17.7 Å². The molecule has 5 heteroatoms. The molecule has 0 heterocycles. The zero-order chi connectivity index (χ0) is 14.9. The van der Waals surface area contributed by atoms with Gasteiger partial charge in [0.2, 0.25) is 5.91 Å². The smallest absolute Gasteiger partial charge is 0.238 e. The summed E-state index contributed by atoms with van der Waals surface area (Å²) in [5.41, 5.74) is 5.23. The van der Waals surface area contributed by atoms with Crippen molar-refractivity contribution in [3.63, 3.8) is 0 Å². The van der Waals surface area contributed by atoms with E-state index in [2.05, 4.69) is 5.32 Å². The van der Waals surface area contributed by atoms with E-state index in [9.17, 15) is 4.79 Å². The van der Waals surface area contributed by atoms with Gasteiger partial charge >= 0.3 is 0 Å². The van der Waals surface area contributed by atoms with Gasteiger partial charge in [-0.3, -0.25) is 10.1 Å². The summed E-state index contributed by atoms with van der Waals surface area (Å²) in [7, 11) is 1.66. The number of hydrogen-bond donors (Lipinski definition) is 2. The monoisotopic (exact) mass is 306 g/mol. The van der Waals surface area contributed by atoms with Crippen molar-refractivity contribution >= 4 is 17.7 Å². The molecule has 2 aliphatic carbocycles. The van der Waals surface area contributed by atoms with Gasteiger partial charge < -0.3 is 10.5 Å². The fourth-order valence-corrected chi connectivity index (χ4v) is 3.84. The normalized spacial score (nSPS) is 20.8. The number of ether oxygens (including phenoxy) is 1. The lowest BCUT2D eigenvalue weighted by atomic mass is 9.94. The lowest BCUT2D eigenvalue weighted by Crippen LogP contribution is -2.60. The first kappa shape index (κ1) is 14.7. The first-order chi connectivity index (χ1) is 10.1. The molecule has 1 amide bonds. The van der Waals surface area contributed by atoms with Crippen LogP contribution in [-0.2, 0) is 4.79 Å². The van der Waals surface area contributed by atoms with E-state index in [0.717, 1.165) is 36.3 Å². The van der Waals surface area contributed by atoms with Crippen molar-refractivity contribution in [3.05, 3.63) is 24.3 Å². The van der Waals surface area contributed by atoms with E-state index in [4.69, 9.17) is 10.5 Å². The maximum absolute atomic E-state index is 12.1. The largest absolute Gasteiger partial charge is 0.497 e. The number of nitrogens with one attached hydrogen (secondary N) is 1. The highest BCUT2D eigenvalue weighted by Crippen LogP contribution is 2.44. The Morgan fingerprint density at radius 1 is 1.33 bits per heavy atom. The number of methoxy groups -OCH3 is 1. The summed E-state index contributed by atoms with van der Waals surface area (Å²) in [5, 5.41) is 3.54. The third-order valence-corrected chi connectivity index (χ3v) is 5.48. The van der Waals surface area contributed by atoms with Crippen LogP contribution in [-0.4, -0.2) is 30.4 Å². The Balaban J connectivity index is 1.69. The van der Waals surface area contributed by atoms with Gasteiger partial charge in [-0.05, 0) is 55.9 Å². The van der Waals surface area contributed by atoms with Crippen LogP contribution in [0.4, 0.5) is 0 Å². The number of primary amides is 1. The molecule has 4 nitrogen and oxygen atoms in total. The number of amides is 1. The molecule has 3 rings (SSSR count). The number of benzene rings is 1. The number of hydrogen-bond acceptors (Lipinski definition) is 4. The lowest BCUT2D eigenvalue weighted by molar-refractivity contribution is -0.124. The molecule has 21 heavy (non-hydrogen) atoms. The quantitative estimate of drug-likeness (QED) is 0.723. The summed E-state index contributed by atoms with van der Waals surface area (Å²) in [6.07, 6.45) is 4.53.